The third-order valence-electron chi connectivity index (χ3n) is 9.79. The maximum absolute atomic E-state index is 12.7. The predicted molar refractivity (Wildman–Crippen MR) is 225 cm³/mol. The number of aromatic carboxylic acids is 1. The average Bonchev–Trinajstić information content (AvgIpc) is 3.27. The maximum Gasteiger partial charge on any atom is 0.335 e. The number of fused-ring (bicyclic) bond motifs is 6. The van der Waals surface area contributed by atoms with E-state index in [4.69, 9.17) is 14.6 Å². The Morgan fingerprint density at radius 3 is 1.50 bits per heavy atom. The number of nitrogens with two attached hydrogens (primary N) is 1. The number of hydrogen-bond donors (Lipinski definition) is 2. The SMILES string of the molecule is CCC(=O)c1cccc(CCC(=O)c2ccc3c(c2)OCc2cnccc2-3)c1.CN.Cl.O=C(O)c1cccc(CCC(=O)c2ccc3c(c2)OCc2cnccc2-3)c1. The van der Waals surface area contributed by atoms with Crippen LogP contribution in [0.4, 0.5) is 0 Å². The molecule has 8 rings (SSSR count). The van der Waals surface area contributed by atoms with E-state index in [0.717, 1.165) is 50.3 Å². The molecule has 4 heterocycles. The van der Waals surface area contributed by atoms with Crippen LogP contribution in [0.5, 0.6) is 11.5 Å². The molecule has 0 unspecified atom stereocenters. The summed E-state index contributed by atoms with van der Waals surface area (Å²) in [5.41, 5.74) is 14.7. The first-order chi connectivity index (χ1) is 27.8. The Balaban J connectivity index is 0.000000209. The number of ether oxygens (including phenoxy) is 2. The van der Waals surface area contributed by atoms with Crippen LogP contribution in [0.2, 0.25) is 0 Å². The van der Waals surface area contributed by atoms with E-state index in [2.05, 4.69) is 15.7 Å². The number of Topliss-reactive ketones (excluding diaryl/α,β-unsaturated/α-hetero) is 3. The summed E-state index contributed by atoms with van der Waals surface area (Å²) in [5, 5.41) is 9.06. The average molecular weight is 798 g/mol. The second-order valence-corrected chi connectivity index (χ2v) is 13.4. The van der Waals surface area contributed by atoms with Crippen molar-refractivity contribution in [1.29, 1.82) is 0 Å². The van der Waals surface area contributed by atoms with Crippen LogP contribution in [0, 0.1) is 0 Å². The molecule has 0 aliphatic carbocycles. The van der Waals surface area contributed by atoms with Gasteiger partial charge in [-0.1, -0.05) is 49.4 Å². The topological polar surface area (TPSA) is 159 Å². The molecule has 0 bridgehead atoms. The van der Waals surface area contributed by atoms with Crippen LogP contribution in [0.3, 0.4) is 0 Å². The molecule has 11 heteroatoms. The van der Waals surface area contributed by atoms with Crippen molar-refractivity contribution in [2.75, 3.05) is 7.05 Å². The predicted octanol–water partition coefficient (Wildman–Crippen LogP) is 9.20. The first kappa shape index (κ1) is 42.6. The lowest BCUT2D eigenvalue weighted by molar-refractivity contribution is 0.0696. The Morgan fingerprint density at radius 2 is 1.03 bits per heavy atom. The number of pyridine rings is 2. The van der Waals surface area contributed by atoms with Crippen LogP contribution in [0.25, 0.3) is 22.3 Å². The van der Waals surface area contributed by atoms with Crippen molar-refractivity contribution >= 4 is 35.7 Å². The van der Waals surface area contributed by atoms with Crippen molar-refractivity contribution in [2.45, 2.75) is 52.2 Å². The van der Waals surface area contributed by atoms with Gasteiger partial charge in [0.15, 0.2) is 17.3 Å². The van der Waals surface area contributed by atoms with Crippen molar-refractivity contribution in [2.24, 2.45) is 5.73 Å². The van der Waals surface area contributed by atoms with E-state index in [1.165, 1.54) is 7.05 Å². The van der Waals surface area contributed by atoms with Crippen LogP contribution < -0.4 is 15.2 Å². The number of ketones is 3. The fraction of sp³-hybridized carbons (Fsp3) is 0.191. The molecule has 3 N–H and O–H groups in total. The summed E-state index contributed by atoms with van der Waals surface area (Å²) in [4.78, 5) is 56.4. The molecule has 4 aromatic carbocycles. The summed E-state index contributed by atoms with van der Waals surface area (Å²) in [6, 6.07) is 29.3. The highest BCUT2D eigenvalue weighted by Gasteiger charge is 2.21. The van der Waals surface area contributed by atoms with Gasteiger partial charge in [-0.3, -0.25) is 24.4 Å². The number of rotatable bonds is 11. The molecule has 58 heavy (non-hydrogen) atoms. The highest BCUT2D eigenvalue weighted by molar-refractivity contribution is 5.99. The highest BCUT2D eigenvalue weighted by atomic mass is 35.5. The molecular weight excluding hydrogens is 754 g/mol. The van der Waals surface area contributed by atoms with Gasteiger partial charge in [-0.2, -0.15) is 0 Å². The van der Waals surface area contributed by atoms with Crippen LogP contribution in [-0.4, -0.2) is 45.4 Å². The molecule has 2 aromatic heterocycles. The summed E-state index contributed by atoms with van der Waals surface area (Å²) in [6.45, 7) is 2.76. The summed E-state index contributed by atoms with van der Waals surface area (Å²) >= 11 is 0. The van der Waals surface area contributed by atoms with E-state index < -0.39 is 5.97 Å². The minimum atomic E-state index is -0.967. The monoisotopic (exact) mass is 797 g/mol. The van der Waals surface area contributed by atoms with Gasteiger partial charge in [0.05, 0.1) is 5.56 Å². The van der Waals surface area contributed by atoms with Crippen molar-refractivity contribution in [1.82, 2.24) is 9.97 Å². The molecule has 6 aromatic rings. The van der Waals surface area contributed by atoms with E-state index in [9.17, 15) is 19.2 Å². The number of carboxylic acids is 1. The van der Waals surface area contributed by atoms with Crippen molar-refractivity contribution in [3.63, 3.8) is 0 Å². The standard InChI is InChI=1S/C24H21NO3.C22H17NO4.CH5N.ClH/c1-2-22(26)17-5-3-4-16(12-17)6-9-23(27)18-7-8-21-20-10-11-25-14-19(20)15-28-24(21)13-18;24-20(7-4-14-2-1-3-16(10-14)22(25)26)15-5-6-19-18-8-9-23-12-17(18)13-27-21(19)11-15;1-2;/h3-5,7-8,10-14H,2,6,9,15H2,1H3;1-3,5-6,8-12H,4,7,13H2,(H,25,26);2H2,1H3;1H. The Kier molecular flexibility index (Phi) is 14.8. The van der Waals surface area contributed by atoms with Gasteiger partial charge in [-0.25, -0.2) is 4.79 Å². The zero-order valence-electron chi connectivity index (χ0n) is 32.3. The molecule has 10 nitrogen and oxygen atoms in total. The van der Waals surface area contributed by atoms with Crippen LogP contribution >= 0.6 is 12.4 Å². The Hall–Kier alpha value is -6.49. The number of aryl methyl sites for hydroxylation is 2. The Labute approximate surface area is 343 Å². The zero-order chi connectivity index (χ0) is 40.3. The minimum absolute atomic E-state index is 0. The van der Waals surface area contributed by atoms with Crippen molar-refractivity contribution in [3.05, 3.63) is 166 Å². The highest BCUT2D eigenvalue weighted by Crippen LogP contribution is 2.39. The third-order valence-corrected chi connectivity index (χ3v) is 9.79. The zero-order valence-corrected chi connectivity index (χ0v) is 33.1. The van der Waals surface area contributed by atoms with E-state index >= 15 is 0 Å². The van der Waals surface area contributed by atoms with Gasteiger partial charge in [-0.05, 0) is 96.7 Å². The van der Waals surface area contributed by atoms with Gasteiger partial charge in [-0.15, -0.1) is 12.4 Å². The quantitative estimate of drug-likeness (QED) is 0.121. The lowest BCUT2D eigenvalue weighted by Crippen LogP contribution is -2.08. The molecule has 0 atom stereocenters. The number of hydrogen-bond acceptors (Lipinski definition) is 9. The van der Waals surface area contributed by atoms with Gasteiger partial charge < -0.3 is 20.3 Å². The second-order valence-electron chi connectivity index (χ2n) is 13.4. The van der Waals surface area contributed by atoms with Crippen LogP contribution in [0.1, 0.15) is 89.9 Å². The number of carbonyl (C=O) groups excluding carboxylic acids is 3. The van der Waals surface area contributed by atoms with Crippen molar-refractivity contribution < 1.29 is 33.8 Å². The molecular formula is C47H44ClN3O7. The first-order valence-electron chi connectivity index (χ1n) is 18.8. The third kappa shape index (κ3) is 10.1. The smallest absolute Gasteiger partial charge is 0.335 e. The van der Waals surface area contributed by atoms with E-state index in [1.807, 2.05) is 85.9 Å². The van der Waals surface area contributed by atoms with Crippen molar-refractivity contribution in [3.8, 4) is 33.8 Å². The van der Waals surface area contributed by atoms with Crippen LogP contribution in [0.15, 0.2) is 122 Å². The number of nitrogens with zero attached hydrogens (tertiary/aromatic N) is 2. The molecule has 0 radical (unpaired) electrons. The fourth-order valence-electron chi connectivity index (χ4n) is 6.76. The summed E-state index contributed by atoms with van der Waals surface area (Å²) in [5.74, 6) is 0.662. The molecule has 0 saturated heterocycles. The van der Waals surface area contributed by atoms with Gasteiger partial charge in [0, 0.05) is 83.0 Å². The number of carbonyl (C=O) groups is 4. The normalized spacial score (nSPS) is 11.4. The van der Waals surface area contributed by atoms with Crippen LogP contribution in [-0.2, 0) is 26.1 Å². The van der Waals surface area contributed by atoms with Gasteiger partial charge >= 0.3 is 5.97 Å². The van der Waals surface area contributed by atoms with E-state index in [1.54, 1.807) is 42.9 Å². The number of aromatic nitrogens is 2. The molecule has 0 amide bonds. The number of halogens is 1. The fourth-order valence-corrected chi connectivity index (χ4v) is 6.76. The first-order valence-corrected chi connectivity index (χ1v) is 18.8. The largest absolute Gasteiger partial charge is 0.488 e. The number of carboxylic acid groups (broad SMARTS) is 1. The summed E-state index contributed by atoms with van der Waals surface area (Å²) in [6.07, 6.45) is 9.41. The molecule has 0 saturated carbocycles. The van der Waals surface area contributed by atoms with Gasteiger partial charge in [0.25, 0.3) is 0 Å². The molecule has 2 aliphatic rings. The number of benzene rings is 4. The van der Waals surface area contributed by atoms with Gasteiger partial charge in [0.2, 0.25) is 0 Å². The van der Waals surface area contributed by atoms with E-state index in [-0.39, 0.29) is 35.3 Å². The Morgan fingerprint density at radius 1 is 0.586 bits per heavy atom. The molecule has 0 fully saturated rings. The summed E-state index contributed by atoms with van der Waals surface area (Å²) in [7, 11) is 1.50. The molecule has 0 spiro atoms. The Bertz CT molecular complexity index is 2450. The molecule has 2 aliphatic heterocycles. The lowest BCUT2D eigenvalue weighted by Gasteiger charge is -2.20. The maximum atomic E-state index is 12.7. The second kappa shape index (κ2) is 20.1. The summed E-state index contributed by atoms with van der Waals surface area (Å²) < 4.78 is 11.6. The van der Waals surface area contributed by atoms with E-state index in [0.29, 0.717) is 67.8 Å². The lowest BCUT2D eigenvalue weighted by atomic mass is 9.95. The van der Waals surface area contributed by atoms with Gasteiger partial charge in [0.1, 0.15) is 24.7 Å². The minimum Gasteiger partial charge on any atom is -0.488 e. The molecule has 296 valence electrons.